The molecule has 2 aromatic rings. The smallest absolute Gasteiger partial charge is 0.275 e. The van der Waals surface area contributed by atoms with Crippen molar-refractivity contribution in [2.75, 3.05) is 0 Å². The summed E-state index contributed by atoms with van der Waals surface area (Å²) >= 11 is 1.20. The number of hydrogen-bond donors (Lipinski definition) is 0. The molecule has 0 saturated carbocycles. The fourth-order valence-corrected chi connectivity index (χ4v) is 2.33. The van der Waals surface area contributed by atoms with Crippen molar-refractivity contribution in [3.05, 3.63) is 46.5 Å². The molecule has 1 aromatic heterocycles. The van der Waals surface area contributed by atoms with Crippen LogP contribution in [-0.4, -0.2) is 20.4 Å². The van der Waals surface area contributed by atoms with Crippen molar-refractivity contribution in [1.29, 1.82) is 0 Å². The number of nitrogens with zero attached hydrogens (tertiary/aromatic N) is 3. The second-order valence-corrected chi connectivity index (χ2v) is 4.33. The van der Waals surface area contributed by atoms with Gasteiger partial charge in [-0.1, -0.05) is 28.8 Å². The van der Waals surface area contributed by atoms with Gasteiger partial charge >= 0.3 is 0 Å². The molecule has 0 spiro atoms. The minimum Gasteiger partial charge on any atom is -0.329 e. The van der Waals surface area contributed by atoms with Crippen molar-refractivity contribution < 1.29 is 4.79 Å². The summed E-state index contributed by atoms with van der Waals surface area (Å²) in [6, 6.07) is 8.11. The minimum atomic E-state index is -0.0371. The first-order valence-corrected chi connectivity index (χ1v) is 5.81. The van der Waals surface area contributed by atoms with Crippen LogP contribution >= 0.6 is 11.5 Å². The van der Waals surface area contributed by atoms with E-state index in [9.17, 15) is 4.79 Å². The lowest BCUT2D eigenvalue weighted by Crippen LogP contribution is -2.25. The molecule has 0 radical (unpaired) electrons. The van der Waals surface area contributed by atoms with Crippen LogP contribution < -0.4 is 0 Å². The zero-order valence-corrected chi connectivity index (χ0v) is 9.28. The summed E-state index contributed by atoms with van der Waals surface area (Å²) in [5.41, 5.74) is 2.89. The van der Waals surface area contributed by atoms with Gasteiger partial charge in [0, 0.05) is 18.5 Å². The van der Waals surface area contributed by atoms with Crippen molar-refractivity contribution in [3.8, 4) is 0 Å². The molecular weight excluding hydrogens is 222 g/mol. The Labute approximate surface area is 96.7 Å². The first-order valence-electron chi connectivity index (χ1n) is 4.98. The molecule has 0 fully saturated rings. The van der Waals surface area contributed by atoms with E-state index < -0.39 is 0 Å². The van der Waals surface area contributed by atoms with Crippen molar-refractivity contribution in [2.45, 2.75) is 13.1 Å². The fourth-order valence-electron chi connectivity index (χ4n) is 1.90. The van der Waals surface area contributed by atoms with E-state index in [-0.39, 0.29) is 5.91 Å². The number of carbonyl (C=O) groups is 1. The molecule has 0 N–H and O–H groups in total. The van der Waals surface area contributed by atoms with Crippen LogP contribution in [0.25, 0.3) is 0 Å². The summed E-state index contributed by atoms with van der Waals surface area (Å²) in [7, 11) is 0. The van der Waals surface area contributed by atoms with E-state index in [1.165, 1.54) is 22.7 Å². The number of hydrogen-bond acceptors (Lipinski definition) is 4. The number of amides is 1. The maximum Gasteiger partial charge on any atom is 0.275 e. The summed E-state index contributed by atoms with van der Waals surface area (Å²) < 4.78 is 3.71. The second kappa shape index (κ2) is 3.68. The third-order valence-electron chi connectivity index (χ3n) is 2.71. The van der Waals surface area contributed by atoms with Crippen molar-refractivity contribution >= 4 is 17.4 Å². The van der Waals surface area contributed by atoms with Crippen LogP contribution in [0.1, 0.15) is 21.6 Å². The summed E-state index contributed by atoms with van der Waals surface area (Å²) in [5.74, 6) is -0.0371. The molecule has 1 aliphatic heterocycles. The Morgan fingerprint density at radius 3 is 2.50 bits per heavy atom. The summed E-state index contributed by atoms with van der Waals surface area (Å²) in [5, 5.41) is 5.49. The third-order valence-corrected chi connectivity index (χ3v) is 3.21. The van der Waals surface area contributed by atoms with Crippen molar-refractivity contribution in [1.82, 2.24) is 14.5 Å². The molecule has 5 heteroatoms. The molecule has 0 aliphatic carbocycles. The van der Waals surface area contributed by atoms with Crippen molar-refractivity contribution in [2.24, 2.45) is 0 Å². The number of carbonyl (C=O) groups excluding carboxylic acids is 1. The molecule has 0 unspecified atom stereocenters. The average molecular weight is 231 g/mol. The van der Waals surface area contributed by atoms with E-state index in [1.54, 1.807) is 10.3 Å². The van der Waals surface area contributed by atoms with E-state index in [0.29, 0.717) is 18.8 Å². The highest BCUT2D eigenvalue weighted by atomic mass is 32.1. The zero-order valence-electron chi connectivity index (χ0n) is 8.46. The van der Waals surface area contributed by atoms with Crippen LogP contribution in [0.3, 0.4) is 0 Å². The first-order chi connectivity index (χ1) is 7.84. The molecule has 2 heterocycles. The Hall–Kier alpha value is -1.75. The third kappa shape index (κ3) is 1.49. The maximum atomic E-state index is 12.0. The van der Waals surface area contributed by atoms with Gasteiger partial charge in [0.1, 0.15) is 0 Å². The van der Waals surface area contributed by atoms with Gasteiger partial charge in [-0.05, 0) is 22.7 Å². The van der Waals surface area contributed by atoms with Gasteiger partial charge < -0.3 is 4.90 Å². The molecule has 0 bridgehead atoms. The molecule has 1 amide bonds. The van der Waals surface area contributed by atoms with Gasteiger partial charge in [0.25, 0.3) is 5.91 Å². The molecule has 1 aliphatic rings. The van der Waals surface area contributed by atoms with Gasteiger partial charge in [-0.2, -0.15) is 0 Å². The Kier molecular flexibility index (Phi) is 2.18. The Morgan fingerprint density at radius 1 is 1.25 bits per heavy atom. The topological polar surface area (TPSA) is 46.1 Å². The number of benzene rings is 1. The van der Waals surface area contributed by atoms with Gasteiger partial charge in [0.15, 0.2) is 5.69 Å². The highest BCUT2D eigenvalue weighted by Crippen LogP contribution is 2.23. The van der Waals surface area contributed by atoms with E-state index in [1.807, 2.05) is 12.1 Å². The maximum absolute atomic E-state index is 12.0. The number of rotatable bonds is 1. The van der Waals surface area contributed by atoms with Crippen LogP contribution in [0.4, 0.5) is 0 Å². The predicted octanol–water partition coefficient (Wildman–Crippen LogP) is 1.69. The highest BCUT2D eigenvalue weighted by molar-refractivity contribution is 7.03. The molecular formula is C11H9N3OS. The highest BCUT2D eigenvalue weighted by Gasteiger charge is 2.24. The van der Waals surface area contributed by atoms with Gasteiger partial charge in [-0.3, -0.25) is 4.79 Å². The molecule has 80 valence electrons. The standard InChI is InChI=1S/C11H9N3OS/c15-11(10-7-16-13-12-10)14-5-8-3-1-2-4-9(8)6-14/h1-4,7H,5-6H2. The molecule has 1 aromatic carbocycles. The number of fused-ring (bicyclic) bond motifs is 1. The average Bonchev–Trinajstić information content (AvgIpc) is 2.97. The molecule has 3 rings (SSSR count). The largest absolute Gasteiger partial charge is 0.329 e. The van der Waals surface area contributed by atoms with Crippen molar-refractivity contribution in [3.63, 3.8) is 0 Å². The molecule has 4 nitrogen and oxygen atoms in total. The van der Waals surface area contributed by atoms with E-state index in [2.05, 4.69) is 21.7 Å². The zero-order chi connectivity index (χ0) is 11.0. The van der Waals surface area contributed by atoms with Crippen LogP contribution in [0.5, 0.6) is 0 Å². The lowest BCUT2D eigenvalue weighted by Gasteiger charge is -2.12. The molecule has 16 heavy (non-hydrogen) atoms. The summed E-state index contributed by atoms with van der Waals surface area (Å²) in [4.78, 5) is 13.8. The van der Waals surface area contributed by atoms with E-state index in [4.69, 9.17) is 0 Å². The lowest BCUT2D eigenvalue weighted by atomic mass is 10.1. The lowest BCUT2D eigenvalue weighted by molar-refractivity contribution is 0.0745. The minimum absolute atomic E-state index is 0.0371. The molecule has 0 saturated heterocycles. The SMILES string of the molecule is O=C(c1csnn1)N1Cc2ccccc2C1. The quantitative estimate of drug-likeness (QED) is 0.750. The van der Waals surface area contributed by atoms with Gasteiger partial charge in [-0.15, -0.1) is 5.10 Å². The summed E-state index contributed by atoms with van der Waals surface area (Å²) in [6.07, 6.45) is 0. The summed E-state index contributed by atoms with van der Waals surface area (Å²) in [6.45, 7) is 1.35. The first kappa shape index (κ1) is 9.47. The Balaban J connectivity index is 1.84. The fraction of sp³-hybridized carbons (Fsp3) is 0.182. The van der Waals surface area contributed by atoms with Gasteiger partial charge in [-0.25, -0.2) is 0 Å². The van der Waals surface area contributed by atoms with Crippen LogP contribution in [0.15, 0.2) is 29.6 Å². The van der Waals surface area contributed by atoms with Gasteiger partial charge in [0.05, 0.1) is 0 Å². The van der Waals surface area contributed by atoms with E-state index >= 15 is 0 Å². The Morgan fingerprint density at radius 2 is 1.94 bits per heavy atom. The van der Waals surface area contributed by atoms with Crippen LogP contribution in [-0.2, 0) is 13.1 Å². The predicted molar refractivity (Wildman–Crippen MR) is 59.9 cm³/mol. The Bertz CT molecular complexity index is 499. The van der Waals surface area contributed by atoms with Crippen LogP contribution in [0, 0.1) is 0 Å². The normalized spacial score (nSPS) is 13.9. The monoisotopic (exact) mass is 231 g/mol. The van der Waals surface area contributed by atoms with E-state index in [0.717, 1.165) is 0 Å². The van der Waals surface area contributed by atoms with Gasteiger partial charge in [0.2, 0.25) is 0 Å². The second-order valence-electron chi connectivity index (χ2n) is 3.72. The number of aromatic nitrogens is 2. The van der Waals surface area contributed by atoms with Crippen LogP contribution in [0.2, 0.25) is 0 Å². The molecule has 0 atom stereocenters.